The number of amides is 1. The predicted octanol–water partition coefficient (Wildman–Crippen LogP) is 1.96. The Bertz CT molecular complexity index is 470. The number of rotatable bonds is 2. The van der Waals surface area contributed by atoms with Gasteiger partial charge in [-0.15, -0.1) is 0 Å². The zero-order valence-corrected chi connectivity index (χ0v) is 11.1. The van der Waals surface area contributed by atoms with Crippen molar-refractivity contribution in [1.82, 2.24) is 4.90 Å². The van der Waals surface area contributed by atoms with Gasteiger partial charge in [0.15, 0.2) is 0 Å². The third kappa shape index (κ3) is 2.86. The van der Waals surface area contributed by atoms with Crippen LogP contribution >= 0.6 is 0 Å². The number of cyclic esters (lactones) is 1. The Kier molecular flexibility index (Phi) is 3.74. The Morgan fingerprint density at radius 1 is 1.37 bits per heavy atom. The van der Waals surface area contributed by atoms with E-state index in [0.29, 0.717) is 6.54 Å². The number of carbonyl (C=O) groups excluding carboxylic acids is 2. The van der Waals surface area contributed by atoms with Gasteiger partial charge in [0.1, 0.15) is 18.8 Å². The molecule has 0 spiro atoms. The molecule has 5 nitrogen and oxygen atoms in total. The smallest absolute Gasteiger partial charge is 0.411 e. The highest BCUT2D eigenvalue weighted by Gasteiger charge is 2.43. The second-order valence-electron chi connectivity index (χ2n) is 4.89. The fourth-order valence-corrected chi connectivity index (χ4v) is 1.91. The molecule has 1 aliphatic heterocycles. The lowest BCUT2D eigenvalue weighted by Gasteiger charge is -2.39. The highest BCUT2D eigenvalue weighted by molar-refractivity contribution is 5.85. The van der Waals surface area contributed by atoms with Crippen LogP contribution in [0.25, 0.3) is 0 Å². The van der Waals surface area contributed by atoms with Crippen molar-refractivity contribution in [2.75, 3.05) is 13.2 Å². The zero-order valence-electron chi connectivity index (χ0n) is 11.1. The lowest BCUT2D eigenvalue weighted by atomic mass is 10.0. The molecule has 0 bridgehead atoms. The maximum Gasteiger partial charge on any atom is 0.411 e. The van der Waals surface area contributed by atoms with Crippen LogP contribution in [0.1, 0.15) is 19.4 Å². The van der Waals surface area contributed by atoms with Crippen LogP contribution in [-0.2, 0) is 20.9 Å². The average Bonchev–Trinajstić information content (AvgIpc) is 2.40. The third-order valence-corrected chi connectivity index (χ3v) is 3.15. The Balaban J connectivity index is 1.98. The summed E-state index contributed by atoms with van der Waals surface area (Å²) >= 11 is 0. The molecule has 1 amide bonds. The normalized spacial score (nSPS) is 17.8. The number of hydrogen-bond acceptors (Lipinski definition) is 4. The van der Waals surface area contributed by atoms with E-state index < -0.39 is 17.6 Å². The minimum atomic E-state index is -0.980. The van der Waals surface area contributed by atoms with E-state index in [4.69, 9.17) is 9.47 Å². The van der Waals surface area contributed by atoms with Crippen LogP contribution in [0.3, 0.4) is 0 Å². The van der Waals surface area contributed by atoms with Gasteiger partial charge in [-0.1, -0.05) is 30.3 Å². The van der Waals surface area contributed by atoms with Crippen LogP contribution in [0.2, 0.25) is 0 Å². The first kappa shape index (κ1) is 13.4. The van der Waals surface area contributed by atoms with E-state index in [1.165, 1.54) is 4.90 Å². The first-order valence-electron chi connectivity index (χ1n) is 6.17. The first-order chi connectivity index (χ1) is 9.01. The molecule has 1 aromatic rings. The van der Waals surface area contributed by atoms with Gasteiger partial charge in [0, 0.05) is 0 Å². The summed E-state index contributed by atoms with van der Waals surface area (Å²) in [5.74, 6) is -0.407. The minimum absolute atomic E-state index is 0.196. The van der Waals surface area contributed by atoms with Gasteiger partial charge >= 0.3 is 12.1 Å². The number of esters is 1. The molecule has 0 unspecified atom stereocenters. The SMILES string of the molecule is CC1(C)C(=O)OCCN1C(=O)OCc1ccccc1. The maximum absolute atomic E-state index is 12.0. The van der Waals surface area contributed by atoms with E-state index in [-0.39, 0.29) is 13.2 Å². The molecule has 2 rings (SSSR count). The molecule has 1 aliphatic rings. The summed E-state index contributed by atoms with van der Waals surface area (Å²) in [6, 6.07) is 9.41. The molecule has 1 aromatic carbocycles. The fraction of sp³-hybridized carbons (Fsp3) is 0.429. The van der Waals surface area contributed by atoms with Gasteiger partial charge in [0.05, 0.1) is 6.54 Å². The molecule has 1 heterocycles. The molecule has 0 atom stereocenters. The fourth-order valence-electron chi connectivity index (χ4n) is 1.91. The van der Waals surface area contributed by atoms with Crippen LogP contribution < -0.4 is 0 Å². The Morgan fingerprint density at radius 3 is 2.74 bits per heavy atom. The topological polar surface area (TPSA) is 55.8 Å². The molecule has 0 N–H and O–H groups in total. The molecule has 19 heavy (non-hydrogen) atoms. The van der Waals surface area contributed by atoms with Crippen molar-refractivity contribution in [2.24, 2.45) is 0 Å². The molecule has 1 saturated heterocycles. The number of morpholine rings is 1. The minimum Gasteiger partial charge on any atom is -0.462 e. The van der Waals surface area contributed by atoms with Crippen LogP contribution in [-0.4, -0.2) is 35.7 Å². The molecule has 0 radical (unpaired) electrons. The van der Waals surface area contributed by atoms with Crippen molar-refractivity contribution >= 4 is 12.1 Å². The molecular formula is C14H17NO4. The summed E-state index contributed by atoms with van der Waals surface area (Å²) in [6.07, 6.45) is -0.495. The Hall–Kier alpha value is -2.04. The van der Waals surface area contributed by atoms with E-state index in [2.05, 4.69) is 0 Å². The lowest BCUT2D eigenvalue weighted by Crippen LogP contribution is -2.58. The van der Waals surface area contributed by atoms with Gasteiger partial charge < -0.3 is 9.47 Å². The first-order valence-corrected chi connectivity index (χ1v) is 6.17. The number of benzene rings is 1. The molecule has 102 valence electrons. The van der Waals surface area contributed by atoms with Gasteiger partial charge in [-0.3, -0.25) is 4.90 Å². The molecule has 1 fully saturated rings. The molecule has 0 aliphatic carbocycles. The van der Waals surface area contributed by atoms with Crippen molar-refractivity contribution < 1.29 is 19.1 Å². The quantitative estimate of drug-likeness (QED) is 0.765. The summed E-state index contributed by atoms with van der Waals surface area (Å²) in [5.41, 5.74) is -0.0697. The largest absolute Gasteiger partial charge is 0.462 e. The summed E-state index contributed by atoms with van der Waals surface area (Å²) < 4.78 is 10.2. The van der Waals surface area contributed by atoms with Crippen molar-refractivity contribution in [1.29, 1.82) is 0 Å². The standard InChI is InChI=1S/C14H17NO4/c1-14(2)12(16)18-9-8-15(14)13(17)19-10-11-6-4-3-5-7-11/h3-7H,8-10H2,1-2H3. The van der Waals surface area contributed by atoms with E-state index in [1.807, 2.05) is 30.3 Å². The van der Waals surface area contributed by atoms with E-state index in [0.717, 1.165) is 5.56 Å². The van der Waals surface area contributed by atoms with Crippen molar-refractivity contribution in [3.63, 3.8) is 0 Å². The zero-order chi connectivity index (χ0) is 13.9. The second kappa shape index (κ2) is 5.30. The van der Waals surface area contributed by atoms with Crippen molar-refractivity contribution in [3.05, 3.63) is 35.9 Å². The van der Waals surface area contributed by atoms with Gasteiger partial charge in [-0.2, -0.15) is 0 Å². The van der Waals surface area contributed by atoms with Crippen LogP contribution in [0.4, 0.5) is 4.79 Å². The average molecular weight is 263 g/mol. The number of nitrogens with zero attached hydrogens (tertiary/aromatic N) is 1. The highest BCUT2D eigenvalue weighted by atomic mass is 16.6. The molecule has 0 saturated carbocycles. The molecular weight excluding hydrogens is 246 g/mol. The van der Waals surface area contributed by atoms with Gasteiger partial charge in [-0.25, -0.2) is 9.59 Å². The van der Waals surface area contributed by atoms with Crippen LogP contribution in [0, 0.1) is 0 Å². The maximum atomic E-state index is 12.0. The number of ether oxygens (including phenoxy) is 2. The number of hydrogen-bond donors (Lipinski definition) is 0. The molecule has 5 heteroatoms. The summed E-state index contributed by atoms with van der Waals surface area (Å²) in [5, 5.41) is 0. The van der Waals surface area contributed by atoms with E-state index >= 15 is 0 Å². The lowest BCUT2D eigenvalue weighted by molar-refractivity contribution is -0.163. The predicted molar refractivity (Wildman–Crippen MR) is 68.4 cm³/mol. The van der Waals surface area contributed by atoms with E-state index in [9.17, 15) is 9.59 Å². The van der Waals surface area contributed by atoms with Crippen LogP contribution in [0.5, 0.6) is 0 Å². The van der Waals surface area contributed by atoms with E-state index in [1.54, 1.807) is 13.8 Å². The van der Waals surface area contributed by atoms with Crippen LogP contribution in [0.15, 0.2) is 30.3 Å². The monoisotopic (exact) mass is 263 g/mol. The summed E-state index contributed by atoms with van der Waals surface area (Å²) in [6.45, 7) is 4.06. The summed E-state index contributed by atoms with van der Waals surface area (Å²) in [7, 11) is 0. The van der Waals surface area contributed by atoms with Crippen molar-refractivity contribution in [2.45, 2.75) is 26.0 Å². The second-order valence-corrected chi connectivity index (χ2v) is 4.89. The van der Waals surface area contributed by atoms with Gasteiger partial charge in [0.25, 0.3) is 0 Å². The van der Waals surface area contributed by atoms with Crippen molar-refractivity contribution in [3.8, 4) is 0 Å². The number of carbonyl (C=O) groups is 2. The molecule has 0 aromatic heterocycles. The van der Waals surface area contributed by atoms with Gasteiger partial charge in [0.2, 0.25) is 0 Å². The third-order valence-electron chi connectivity index (χ3n) is 3.15. The Morgan fingerprint density at radius 2 is 2.05 bits per heavy atom. The summed E-state index contributed by atoms with van der Waals surface area (Å²) in [4.78, 5) is 25.1. The Labute approximate surface area is 112 Å². The highest BCUT2D eigenvalue weighted by Crippen LogP contribution is 2.21. The van der Waals surface area contributed by atoms with Gasteiger partial charge in [-0.05, 0) is 19.4 Å².